The number of halogens is 2. The smallest absolute Gasteiger partial charge is 0.241 e. The molecule has 220 valence electrons. The number of anilines is 2. The number of aliphatic hydroxyl groups excluding tert-OH is 1. The van der Waals surface area contributed by atoms with Gasteiger partial charge in [-0.25, -0.2) is 4.68 Å². The number of aryl methyl sites for hydroxylation is 1. The average Bonchev–Trinajstić information content (AvgIpc) is 3.57. The summed E-state index contributed by atoms with van der Waals surface area (Å²) in [5.74, 6) is -0.366. The van der Waals surface area contributed by atoms with E-state index >= 15 is 0 Å². The number of ether oxygens (including phenoxy) is 1. The summed E-state index contributed by atoms with van der Waals surface area (Å²) in [6.07, 6.45) is 4.37. The number of nitrogens with zero attached hydrogens (tertiary/aromatic N) is 7. The molecular formula is C28H30Cl2N8O4. The van der Waals surface area contributed by atoms with Gasteiger partial charge in [0.25, 0.3) is 0 Å². The fourth-order valence-corrected chi connectivity index (χ4v) is 5.97. The maximum Gasteiger partial charge on any atom is 0.241 e. The average molecular weight is 614 g/mol. The summed E-state index contributed by atoms with van der Waals surface area (Å²) < 4.78 is 8.68. The molecule has 0 radical (unpaired) electrons. The predicted molar refractivity (Wildman–Crippen MR) is 158 cm³/mol. The topological polar surface area (TPSA) is 131 Å². The van der Waals surface area contributed by atoms with Gasteiger partial charge in [-0.1, -0.05) is 28.4 Å². The summed E-state index contributed by atoms with van der Waals surface area (Å²) in [5.41, 5.74) is 2.41. The first-order valence-corrected chi connectivity index (χ1v) is 14.4. The number of amides is 2. The molecular weight excluding hydrogens is 583 g/mol. The van der Waals surface area contributed by atoms with Crippen LogP contribution in [-0.4, -0.2) is 85.2 Å². The Balaban J connectivity index is 1.26. The van der Waals surface area contributed by atoms with E-state index in [4.69, 9.17) is 27.9 Å². The van der Waals surface area contributed by atoms with Crippen LogP contribution >= 0.6 is 23.2 Å². The Morgan fingerprint density at radius 3 is 2.71 bits per heavy atom. The van der Waals surface area contributed by atoms with Crippen molar-refractivity contribution in [1.29, 1.82) is 0 Å². The van der Waals surface area contributed by atoms with E-state index in [-0.39, 0.29) is 36.0 Å². The van der Waals surface area contributed by atoms with Gasteiger partial charge in [0.15, 0.2) is 5.15 Å². The fourth-order valence-electron chi connectivity index (χ4n) is 5.68. The first-order chi connectivity index (χ1) is 20.2. The summed E-state index contributed by atoms with van der Waals surface area (Å²) in [5, 5.41) is 28.2. The molecule has 0 spiro atoms. The molecule has 2 aliphatic rings. The lowest BCUT2D eigenvalue weighted by molar-refractivity contribution is -0.137. The van der Waals surface area contributed by atoms with Crippen molar-refractivity contribution < 1.29 is 19.4 Å². The third kappa shape index (κ3) is 5.99. The van der Waals surface area contributed by atoms with Gasteiger partial charge in [-0.15, -0.1) is 5.10 Å². The molecule has 0 saturated carbocycles. The Kier molecular flexibility index (Phi) is 8.15. The molecule has 2 aromatic heterocycles. The Bertz CT molecular complexity index is 1620. The second-order valence-corrected chi connectivity index (χ2v) is 11.5. The molecule has 12 nitrogen and oxygen atoms in total. The summed E-state index contributed by atoms with van der Waals surface area (Å²) in [4.78, 5) is 30.5. The van der Waals surface area contributed by atoms with Gasteiger partial charge in [-0.2, -0.15) is 5.10 Å². The van der Waals surface area contributed by atoms with E-state index in [1.165, 1.54) is 15.8 Å². The number of benzene rings is 2. The zero-order chi connectivity index (χ0) is 29.4. The number of hydrogen-bond acceptors (Lipinski definition) is 8. The van der Waals surface area contributed by atoms with Crippen molar-refractivity contribution in [3.8, 4) is 5.69 Å². The highest BCUT2D eigenvalue weighted by molar-refractivity contribution is 6.31. The molecule has 2 atom stereocenters. The van der Waals surface area contributed by atoms with Crippen LogP contribution in [0.2, 0.25) is 10.2 Å². The highest BCUT2D eigenvalue weighted by Crippen LogP contribution is 2.32. The molecule has 0 bridgehead atoms. The van der Waals surface area contributed by atoms with Crippen molar-refractivity contribution in [2.45, 2.75) is 31.5 Å². The normalized spacial score (nSPS) is 19.4. The molecule has 2 N–H and O–H groups in total. The van der Waals surface area contributed by atoms with Gasteiger partial charge in [0.05, 0.1) is 42.2 Å². The van der Waals surface area contributed by atoms with Gasteiger partial charge >= 0.3 is 0 Å². The maximum atomic E-state index is 13.8. The van der Waals surface area contributed by atoms with Crippen LogP contribution in [0.5, 0.6) is 0 Å². The van der Waals surface area contributed by atoms with Crippen molar-refractivity contribution in [3.05, 3.63) is 59.0 Å². The number of carbonyl (C=O) groups is 2. The standard InChI is InChI=1S/C28H30Cl2N8O4/c1-35-13-18-11-20(3-4-21(18)33-35)31-28(41)24(10-17-6-8-42-9-7-17)37-16-26(39)36(15-27(37)40)23-12-19(29)2-5-22(23)38-14-25(30)32-34-38/h2-5,11-14,17,24,27,40H,6-10,15-16H2,1H3,(H,31,41). The fraction of sp³-hybridized carbons (Fsp3) is 0.393. The Labute approximate surface area is 251 Å². The second kappa shape index (κ2) is 12.0. The predicted octanol–water partition coefficient (Wildman–Crippen LogP) is 3.25. The number of hydrogen-bond donors (Lipinski definition) is 2. The van der Waals surface area contributed by atoms with Crippen LogP contribution in [0.4, 0.5) is 11.4 Å². The second-order valence-electron chi connectivity index (χ2n) is 10.6. The molecule has 2 aliphatic heterocycles. The van der Waals surface area contributed by atoms with Crippen LogP contribution < -0.4 is 10.2 Å². The lowest BCUT2D eigenvalue weighted by atomic mass is 9.91. The monoisotopic (exact) mass is 612 g/mol. The van der Waals surface area contributed by atoms with E-state index < -0.39 is 12.3 Å². The van der Waals surface area contributed by atoms with E-state index in [9.17, 15) is 14.7 Å². The number of piperazine rings is 1. The summed E-state index contributed by atoms with van der Waals surface area (Å²) in [6, 6.07) is 9.78. The van der Waals surface area contributed by atoms with Gasteiger partial charge in [-0.05, 0) is 61.6 Å². The lowest BCUT2D eigenvalue weighted by Crippen LogP contribution is -2.62. The molecule has 4 aromatic rings. The van der Waals surface area contributed by atoms with E-state index in [0.29, 0.717) is 41.7 Å². The molecule has 14 heteroatoms. The first kappa shape index (κ1) is 28.6. The third-order valence-corrected chi connectivity index (χ3v) is 8.18. The van der Waals surface area contributed by atoms with Crippen molar-refractivity contribution in [3.63, 3.8) is 0 Å². The first-order valence-electron chi connectivity index (χ1n) is 13.7. The van der Waals surface area contributed by atoms with Gasteiger partial charge < -0.3 is 20.1 Å². The Morgan fingerprint density at radius 2 is 1.95 bits per heavy atom. The van der Waals surface area contributed by atoms with Crippen molar-refractivity contribution in [2.75, 3.05) is 36.5 Å². The zero-order valence-electron chi connectivity index (χ0n) is 22.9. The number of carbonyl (C=O) groups excluding carboxylic acids is 2. The quantitative estimate of drug-likeness (QED) is 0.325. The molecule has 4 heterocycles. The summed E-state index contributed by atoms with van der Waals surface area (Å²) in [6.45, 7) is 0.994. The minimum atomic E-state index is -1.12. The van der Waals surface area contributed by atoms with Crippen LogP contribution in [-0.2, 0) is 21.4 Å². The van der Waals surface area contributed by atoms with E-state index in [1.807, 2.05) is 25.4 Å². The maximum absolute atomic E-state index is 13.8. The minimum Gasteiger partial charge on any atom is -0.381 e. The summed E-state index contributed by atoms with van der Waals surface area (Å²) in [7, 11) is 1.84. The molecule has 0 aliphatic carbocycles. The Hall–Kier alpha value is -3.55. The van der Waals surface area contributed by atoms with Gasteiger partial charge in [0.1, 0.15) is 6.23 Å². The van der Waals surface area contributed by atoms with Crippen LogP contribution in [0.25, 0.3) is 16.6 Å². The minimum absolute atomic E-state index is 0.0756. The molecule has 2 unspecified atom stereocenters. The molecule has 2 fully saturated rings. The number of aliphatic hydroxyl groups is 1. The van der Waals surface area contributed by atoms with Crippen LogP contribution in [0.1, 0.15) is 19.3 Å². The number of aromatic nitrogens is 5. The third-order valence-electron chi connectivity index (χ3n) is 7.77. The van der Waals surface area contributed by atoms with E-state index in [2.05, 4.69) is 20.7 Å². The number of β-amino-alcohol motifs (C(OH)–C–C–N with tert-alkyl or cyclic N) is 1. The van der Waals surface area contributed by atoms with Crippen molar-refractivity contribution in [1.82, 2.24) is 29.7 Å². The van der Waals surface area contributed by atoms with Crippen LogP contribution in [0.15, 0.2) is 48.8 Å². The number of rotatable bonds is 7. The highest BCUT2D eigenvalue weighted by atomic mass is 35.5. The number of fused-ring (bicyclic) bond motifs is 1. The highest BCUT2D eigenvalue weighted by Gasteiger charge is 2.40. The van der Waals surface area contributed by atoms with E-state index in [1.54, 1.807) is 33.8 Å². The van der Waals surface area contributed by atoms with Crippen molar-refractivity contribution in [2.24, 2.45) is 13.0 Å². The van der Waals surface area contributed by atoms with Crippen molar-refractivity contribution >= 4 is 57.3 Å². The molecule has 2 aromatic carbocycles. The van der Waals surface area contributed by atoms with Gasteiger partial charge in [-0.3, -0.25) is 19.2 Å². The molecule has 2 saturated heterocycles. The van der Waals surface area contributed by atoms with Crippen LogP contribution in [0.3, 0.4) is 0 Å². The molecule has 6 rings (SSSR count). The van der Waals surface area contributed by atoms with E-state index in [0.717, 1.165) is 23.7 Å². The van der Waals surface area contributed by atoms with Crippen LogP contribution in [0, 0.1) is 5.92 Å². The largest absolute Gasteiger partial charge is 0.381 e. The Morgan fingerprint density at radius 1 is 1.14 bits per heavy atom. The van der Waals surface area contributed by atoms with Gasteiger partial charge in [0, 0.05) is 42.6 Å². The van der Waals surface area contributed by atoms with Gasteiger partial charge in [0.2, 0.25) is 11.8 Å². The number of nitrogens with one attached hydrogen (secondary N) is 1. The molecule has 2 amide bonds. The summed E-state index contributed by atoms with van der Waals surface area (Å²) >= 11 is 12.3. The molecule has 42 heavy (non-hydrogen) atoms. The SMILES string of the molecule is Cn1cc2cc(NC(=O)C(CC3CCOCC3)N3CC(=O)N(c4cc(Cl)ccc4-n4cc(Cl)nn4)CC3O)ccc2n1. The lowest BCUT2D eigenvalue weighted by Gasteiger charge is -2.43. The zero-order valence-corrected chi connectivity index (χ0v) is 24.4.